The number of hydrogen-bond donors (Lipinski definition) is 1. The van der Waals surface area contributed by atoms with Gasteiger partial charge >= 0.3 is 5.97 Å². The number of carbonyl (C=O) groups excluding carboxylic acids is 1. The standard InChI is InChI=1S/C18H28O4S/c1-9(19)8-10-11(16(20)21)15-13(18(5,6)7)12(17(2,3)4)14(10)23(15)22/h10-11,14-15H,8H2,1-7H3,(H,20,21)/t10-,11-,14+,15-,23?/m0/s1. The number of fused-ring (bicyclic) bond motifs is 2. The maximum Gasteiger partial charge on any atom is 0.308 e. The number of ketones is 1. The van der Waals surface area contributed by atoms with Gasteiger partial charge in [-0.05, 0) is 34.8 Å². The monoisotopic (exact) mass is 340 g/mol. The Bertz CT molecular complexity index is 603. The summed E-state index contributed by atoms with van der Waals surface area (Å²) < 4.78 is 13.1. The van der Waals surface area contributed by atoms with Crippen LogP contribution in [-0.4, -0.2) is 31.6 Å². The molecule has 2 aliphatic rings. The van der Waals surface area contributed by atoms with Gasteiger partial charge in [0.2, 0.25) is 0 Å². The van der Waals surface area contributed by atoms with Crippen molar-refractivity contribution in [3.8, 4) is 0 Å². The second-order valence-corrected chi connectivity index (χ2v) is 10.6. The van der Waals surface area contributed by atoms with Gasteiger partial charge in [0.25, 0.3) is 0 Å². The van der Waals surface area contributed by atoms with E-state index in [4.69, 9.17) is 0 Å². The third kappa shape index (κ3) is 2.92. The molecule has 0 aromatic rings. The van der Waals surface area contributed by atoms with Crippen molar-refractivity contribution >= 4 is 22.6 Å². The molecular formula is C18H28O4S. The van der Waals surface area contributed by atoms with Crippen LogP contribution in [0.3, 0.4) is 0 Å². The van der Waals surface area contributed by atoms with Gasteiger partial charge in [-0.15, -0.1) is 0 Å². The average molecular weight is 340 g/mol. The lowest BCUT2D eigenvalue weighted by Gasteiger charge is -2.40. The Labute approximate surface area is 141 Å². The van der Waals surface area contributed by atoms with E-state index < -0.39 is 27.9 Å². The molecule has 0 aromatic heterocycles. The molecule has 0 spiro atoms. The quantitative estimate of drug-likeness (QED) is 0.801. The van der Waals surface area contributed by atoms with Crippen molar-refractivity contribution in [3.05, 3.63) is 11.1 Å². The summed E-state index contributed by atoms with van der Waals surface area (Å²) in [4.78, 5) is 23.6. The van der Waals surface area contributed by atoms with Crippen molar-refractivity contribution in [3.63, 3.8) is 0 Å². The van der Waals surface area contributed by atoms with Crippen LogP contribution in [0.25, 0.3) is 0 Å². The molecule has 0 amide bonds. The second-order valence-electron chi connectivity index (χ2n) is 8.93. The van der Waals surface area contributed by atoms with E-state index in [1.54, 1.807) is 0 Å². The zero-order valence-electron chi connectivity index (χ0n) is 15.1. The Morgan fingerprint density at radius 2 is 1.43 bits per heavy atom. The predicted molar refractivity (Wildman–Crippen MR) is 91.6 cm³/mol. The molecule has 130 valence electrons. The molecule has 0 radical (unpaired) electrons. The van der Waals surface area contributed by atoms with E-state index in [2.05, 4.69) is 41.5 Å². The zero-order valence-corrected chi connectivity index (χ0v) is 15.9. The summed E-state index contributed by atoms with van der Waals surface area (Å²) in [6.45, 7) is 13.9. The largest absolute Gasteiger partial charge is 0.481 e. The summed E-state index contributed by atoms with van der Waals surface area (Å²) in [7, 11) is -1.26. The zero-order chi connectivity index (χ0) is 17.9. The van der Waals surface area contributed by atoms with Gasteiger partial charge in [0.15, 0.2) is 0 Å². The van der Waals surface area contributed by atoms with Crippen LogP contribution in [0.4, 0.5) is 0 Å². The lowest BCUT2D eigenvalue weighted by atomic mass is 9.63. The first-order chi connectivity index (χ1) is 10.3. The number of aliphatic carboxylic acids is 1. The molecule has 5 atom stereocenters. The Hall–Kier alpha value is -0.970. The minimum atomic E-state index is -1.26. The van der Waals surface area contributed by atoms with Gasteiger partial charge in [-0.3, -0.25) is 9.00 Å². The van der Waals surface area contributed by atoms with E-state index in [1.165, 1.54) is 6.92 Å². The Morgan fingerprint density at radius 3 is 1.78 bits per heavy atom. The van der Waals surface area contributed by atoms with Gasteiger partial charge in [-0.25, -0.2) is 0 Å². The second kappa shape index (κ2) is 5.54. The molecule has 1 saturated heterocycles. The molecule has 0 saturated carbocycles. The van der Waals surface area contributed by atoms with Crippen LogP contribution in [-0.2, 0) is 20.4 Å². The molecule has 1 unspecified atom stereocenters. The molecular weight excluding hydrogens is 312 g/mol. The first-order valence-corrected chi connectivity index (χ1v) is 9.42. The molecule has 4 nitrogen and oxygen atoms in total. The van der Waals surface area contributed by atoms with Crippen LogP contribution < -0.4 is 0 Å². The number of rotatable bonds is 3. The minimum Gasteiger partial charge on any atom is -0.481 e. The van der Waals surface area contributed by atoms with Crippen molar-refractivity contribution in [2.24, 2.45) is 22.7 Å². The van der Waals surface area contributed by atoms with Crippen molar-refractivity contribution in [2.45, 2.75) is 65.4 Å². The SMILES string of the molecule is CC(=O)C[C@H]1[C@H](C(=O)O)[C@H]2C(C(C)(C)C)=C(C(C)(C)C)[C@@H]1S2=O. The lowest BCUT2D eigenvalue weighted by Crippen LogP contribution is -2.41. The fraction of sp³-hybridized carbons (Fsp3) is 0.778. The number of Topliss-reactive ketones (excluding diaryl/α,β-unsaturated/α-hetero) is 1. The predicted octanol–water partition coefficient (Wildman–Crippen LogP) is 3.18. The van der Waals surface area contributed by atoms with Crippen molar-refractivity contribution < 1.29 is 18.9 Å². The van der Waals surface area contributed by atoms with Gasteiger partial charge in [0.1, 0.15) is 5.78 Å². The van der Waals surface area contributed by atoms with Crippen LogP contribution in [0.5, 0.6) is 0 Å². The normalized spacial score (nSPS) is 34.1. The van der Waals surface area contributed by atoms with E-state index in [-0.39, 0.29) is 34.2 Å². The first-order valence-electron chi connectivity index (χ1n) is 8.15. The van der Waals surface area contributed by atoms with Crippen LogP contribution in [0, 0.1) is 22.7 Å². The maximum absolute atomic E-state index is 13.1. The van der Waals surface area contributed by atoms with Gasteiger partial charge < -0.3 is 9.90 Å². The van der Waals surface area contributed by atoms with Gasteiger partial charge in [-0.2, -0.15) is 0 Å². The number of carboxylic acid groups (broad SMARTS) is 1. The molecule has 2 heterocycles. The molecule has 1 N–H and O–H groups in total. The first kappa shape index (κ1) is 18.4. The summed E-state index contributed by atoms with van der Waals surface area (Å²) in [5, 5.41) is 8.97. The van der Waals surface area contributed by atoms with E-state index in [0.29, 0.717) is 0 Å². The summed E-state index contributed by atoms with van der Waals surface area (Å²) in [5.41, 5.74) is 1.75. The topological polar surface area (TPSA) is 71.4 Å². The number of carbonyl (C=O) groups is 2. The molecule has 5 heteroatoms. The van der Waals surface area contributed by atoms with Gasteiger partial charge in [0, 0.05) is 17.2 Å². The highest BCUT2D eigenvalue weighted by Gasteiger charge is 2.63. The molecule has 0 aliphatic carbocycles. The molecule has 0 aromatic carbocycles. The van der Waals surface area contributed by atoms with Crippen LogP contribution in [0.2, 0.25) is 0 Å². The van der Waals surface area contributed by atoms with E-state index in [1.807, 2.05) is 0 Å². The van der Waals surface area contributed by atoms with Crippen LogP contribution in [0.1, 0.15) is 54.9 Å². The Kier molecular flexibility index (Phi) is 4.42. The maximum atomic E-state index is 13.1. The highest BCUT2D eigenvalue weighted by Crippen LogP contribution is 2.58. The molecule has 2 bridgehead atoms. The average Bonchev–Trinajstić information content (AvgIpc) is 2.74. The van der Waals surface area contributed by atoms with Crippen molar-refractivity contribution in [2.75, 3.05) is 0 Å². The lowest BCUT2D eigenvalue weighted by molar-refractivity contribution is -0.143. The third-order valence-corrected chi connectivity index (χ3v) is 7.08. The fourth-order valence-corrected chi connectivity index (χ4v) is 7.32. The van der Waals surface area contributed by atoms with Gasteiger partial charge in [-0.1, -0.05) is 41.5 Å². The van der Waals surface area contributed by atoms with Crippen LogP contribution >= 0.6 is 0 Å². The Morgan fingerprint density at radius 1 is 1.00 bits per heavy atom. The molecule has 1 fully saturated rings. The summed E-state index contributed by atoms with van der Waals surface area (Å²) in [6, 6.07) is 0. The third-order valence-electron chi connectivity index (χ3n) is 4.96. The van der Waals surface area contributed by atoms with E-state index >= 15 is 0 Å². The van der Waals surface area contributed by atoms with Crippen LogP contribution in [0.15, 0.2) is 11.1 Å². The highest BCUT2D eigenvalue weighted by atomic mass is 32.2. The molecule has 2 aliphatic heterocycles. The number of hydrogen-bond acceptors (Lipinski definition) is 3. The fourth-order valence-electron chi connectivity index (χ4n) is 4.36. The smallest absolute Gasteiger partial charge is 0.308 e. The molecule has 23 heavy (non-hydrogen) atoms. The van der Waals surface area contributed by atoms with Crippen molar-refractivity contribution in [1.82, 2.24) is 0 Å². The summed E-state index contributed by atoms with van der Waals surface area (Å²) >= 11 is 0. The summed E-state index contributed by atoms with van der Waals surface area (Å²) in [5.74, 6) is -2.02. The molecule has 2 rings (SSSR count). The van der Waals surface area contributed by atoms with E-state index in [0.717, 1.165) is 11.1 Å². The minimum absolute atomic E-state index is 0.0311. The summed E-state index contributed by atoms with van der Waals surface area (Å²) in [6.07, 6.45) is 0.195. The highest BCUT2D eigenvalue weighted by molar-refractivity contribution is 7.87. The Balaban J connectivity index is 2.70. The van der Waals surface area contributed by atoms with E-state index in [9.17, 15) is 18.9 Å². The van der Waals surface area contributed by atoms with Crippen molar-refractivity contribution in [1.29, 1.82) is 0 Å². The van der Waals surface area contributed by atoms with Gasteiger partial charge in [0.05, 0.1) is 16.4 Å². The number of carboxylic acids is 1.